The largest absolute Gasteiger partial charge is 0.478 e. The highest BCUT2D eigenvalue weighted by Gasteiger charge is 2.13. The molecule has 0 aliphatic rings. The van der Waals surface area contributed by atoms with Crippen molar-refractivity contribution in [2.75, 3.05) is 18.5 Å². The number of hydrogen-bond acceptors (Lipinski definition) is 3. The fraction of sp³-hybridized carbons (Fsp3) is 0.231. The molecule has 4 heteroatoms. The number of nitrogens with zero attached hydrogens (tertiary/aromatic N) is 2. The average Bonchev–Trinajstić information content (AvgIpc) is 2.36. The van der Waals surface area contributed by atoms with E-state index in [2.05, 4.69) is 4.98 Å². The molecule has 88 valence electrons. The number of carboxylic acid groups (broad SMARTS) is 1. The summed E-state index contributed by atoms with van der Waals surface area (Å²) in [6.45, 7) is 2.85. The van der Waals surface area contributed by atoms with Crippen LogP contribution in [0.3, 0.4) is 0 Å². The van der Waals surface area contributed by atoms with Crippen molar-refractivity contribution in [3.05, 3.63) is 36.0 Å². The second-order valence-electron chi connectivity index (χ2n) is 3.86. The van der Waals surface area contributed by atoms with Gasteiger partial charge in [-0.1, -0.05) is 24.3 Å². The van der Waals surface area contributed by atoms with Crippen LogP contribution in [0.4, 0.5) is 5.82 Å². The third-order valence-electron chi connectivity index (χ3n) is 2.84. The predicted molar refractivity (Wildman–Crippen MR) is 67.6 cm³/mol. The molecular formula is C13H14N2O2. The van der Waals surface area contributed by atoms with E-state index < -0.39 is 5.97 Å². The molecule has 0 atom stereocenters. The molecule has 0 aliphatic carbocycles. The highest BCUT2D eigenvalue weighted by Crippen LogP contribution is 2.26. The van der Waals surface area contributed by atoms with Crippen LogP contribution in [0.1, 0.15) is 17.3 Å². The van der Waals surface area contributed by atoms with E-state index in [1.807, 2.05) is 43.1 Å². The summed E-state index contributed by atoms with van der Waals surface area (Å²) in [5.74, 6) is -0.132. The summed E-state index contributed by atoms with van der Waals surface area (Å²) in [5, 5.41) is 10.7. The van der Waals surface area contributed by atoms with Gasteiger partial charge in [0.25, 0.3) is 0 Å². The van der Waals surface area contributed by atoms with E-state index in [9.17, 15) is 4.79 Å². The van der Waals surface area contributed by atoms with Crippen molar-refractivity contribution in [2.24, 2.45) is 0 Å². The van der Waals surface area contributed by atoms with Crippen LogP contribution in [0.2, 0.25) is 0 Å². The molecule has 17 heavy (non-hydrogen) atoms. The zero-order chi connectivity index (χ0) is 12.4. The molecule has 0 fully saturated rings. The first-order chi connectivity index (χ1) is 8.15. The lowest BCUT2D eigenvalue weighted by atomic mass is 10.1. The van der Waals surface area contributed by atoms with Crippen LogP contribution in [-0.4, -0.2) is 29.7 Å². The molecule has 0 aliphatic heterocycles. The first-order valence-corrected chi connectivity index (χ1v) is 5.47. The highest BCUT2D eigenvalue weighted by molar-refractivity contribution is 6.06. The van der Waals surface area contributed by atoms with Gasteiger partial charge in [-0.3, -0.25) is 0 Å². The third kappa shape index (κ3) is 1.93. The van der Waals surface area contributed by atoms with Crippen molar-refractivity contribution in [1.29, 1.82) is 0 Å². The third-order valence-corrected chi connectivity index (χ3v) is 2.84. The Labute approximate surface area is 99.5 Å². The van der Waals surface area contributed by atoms with E-state index in [0.29, 0.717) is 0 Å². The van der Waals surface area contributed by atoms with Crippen LogP contribution < -0.4 is 4.90 Å². The maximum absolute atomic E-state index is 11.1. The molecule has 0 bridgehead atoms. The first-order valence-electron chi connectivity index (χ1n) is 5.47. The number of rotatable bonds is 3. The molecule has 2 rings (SSSR count). The predicted octanol–water partition coefficient (Wildman–Crippen LogP) is 2.39. The summed E-state index contributed by atoms with van der Waals surface area (Å²) in [4.78, 5) is 17.3. The molecular weight excluding hydrogens is 216 g/mol. The lowest BCUT2D eigenvalue weighted by molar-refractivity contribution is 0.0698. The van der Waals surface area contributed by atoms with Gasteiger partial charge in [-0.05, 0) is 6.92 Å². The minimum absolute atomic E-state index is 0.244. The number of hydrogen-bond donors (Lipinski definition) is 1. The highest BCUT2D eigenvalue weighted by atomic mass is 16.4. The quantitative estimate of drug-likeness (QED) is 0.879. The van der Waals surface area contributed by atoms with Crippen LogP contribution in [-0.2, 0) is 0 Å². The Bertz CT molecular complexity index is 566. The molecule has 1 aromatic heterocycles. The number of pyridine rings is 1. The Morgan fingerprint density at radius 2 is 2.00 bits per heavy atom. The van der Waals surface area contributed by atoms with Gasteiger partial charge in [0, 0.05) is 30.6 Å². The number of fused-ring (bicyclic) bond motifs is 1. The second-order valence-corrected chi connectivity index (χ2v) is 3.86. The topological polar surface area (TPSA) is 53.4 Å². The van der Waals surface area contributed by atoms with E-state index in [4.69, 9.17) is 5.11 Å². The van der Waals surface area contributed by atoms with E-state index in [-0.39, 0.29) is 5.56 Å². The fourth-order valence-corrected chi connectivity index (χ4v) is 1.80. The van der Waals surface area contributed by atoms with Gasteiger partial charge in [0.2, 0.25) is 0 Å². The minimum Gasteiger partial charge on any atom is -0.478 e. The Morgan fingerprint density at radius 3 is 2.59 bits per heavy atom. The van der Waals surface area contributed by atoms with Gasteiger partial charge in [0.05, 0.1) is 5.56 Å². The van der Waals surface area contributed by atoms with Crippen LogP contribution in [0.25, 0.3) is 10.8 Å². The van der Waals surface area contributed by atoms with Gasteiger partial charge < -0.3 is 10.0 Å². The molecule has 0 unspecified atom stereocenters. The number of carbonyl (C=O) groups is 1. The number of aromatic carboxylic acids is 1. The van der Waals surface area contributed by atoms with Crippen molar-refractivity contribution in [2.45, 2.75) is 6.92 Å². The SMILES string of the molecule is CCN(C)c1ncc(C(=O)O)c2ccccc12. The Kier molecular flexibility index (Phi) is 2.95. The summed E-state index contributed by atoms with van der Waals surface area (Å²) in [7, 11) is 1.94. The second kappa shape index (κ2) is 4.41. The summed E-state index contributed by atoms with van der Waals surface area (Å²) in [6.07, 6.45) is 1.42. The number of aromatic nitrogens is 1. The molecule has 0 saturated carbocycles. The zero-order valence-electron chi connectivity index (χ0n) is 9.84. The van der Waals surface area contributed by atoms with Gasteiger partial charge in [-0.25, -0.2) is 9.78 Å². The summed E-state index contributed by atoms with van der Waals surface area (Å²) in [5.41, 5.74) is 0.244. The van der Waals surface area contributed by atoms with Crippen LogP contribution in [0, 0.1) is 0 Å². The maximum Gasteiger partial charge on any atom is 0.337 e. The normalized spacial score (nSPS) is 10.5. The van der Waals surface area contributed by atoms with E-state index in [0.717, 1.165) is 23.1 Å². The molecule has 4 nitrogen and oxygen atoms in total. The van der Waals surface area contributed by atoms with Gasteiger partial charge in [-0.15, -0.1) is 0 Å². The van der Waals surface area contributed by atoms with E-state index in [1.54, 1.807) is 0 Å². The van der Waals surface area contributed by atoms with Crippen molar-refractivity contribution >= 4 is 22.6 Å². The Hall–Kier alpha value is -2.10. The molecule has 0 saturated heterocycles. The minimum atomic E-state index is -0.945. The average molecular weight is 230 g/mol. The maximum atomic E-state index is 11.1. The van der Waals surface area contributed by atoms with Crippen molar-refractivity contribution in [3.63, 3.8) is 0 Å². The smallest absolute Gasteiger partial charge is 0.337 e. The molecule has 1 aromatic carbocycles. The van der Waals surface area contributed by atoms with Crippen LogP contribution in [0.5, 0.6) is 0 Å². The van der Waals surface area contributed by atoms with Gasteiger partial charge in [0.1, 0.15) is 5.82 Å². The Balaban J connectivity index is 2.75. The molecule has 1 N–H and O–H groups in total. The summed E-state index contributed by atoms with van der Waals surface area (Å²) < 4.78 is 0. The van der Waals surface area contributed by atoms with Gasteiger partial charge in [0.15, 0.2) is 0 Å². The first kappa shape index (κ1) is 11.4. The number of carboxylic acids is 1. The van der Waals surface area contributed by atoms with Crippen LogP contribution in [0.15, 0.2) is 30.5 Å². The molecule has 1 heterocycles. The molecule has 0 radical (unpaired) electrons. The zero-order valence-corrected chi connectivity index (χ0v) is 9.84. The lowest BCUT2D eigenvalue weighted by Gasteiger charge is -2.18. The Morgan fingerprint density at radius 1 is 1.35 bits per heavy atom. The summed E-state index contributed by atoms with van der Waals surface area (Å²) >= 11 is 0. The van der Waals surface area contributed by atoms with E-state index >= 15 is 0 Å². The van der Waals surface area contributed by atoms with Crippen LogP contribution >= 0.6 is 0 Å². The molecule has 0 amide bonds. The van der Waals surface area contributed by atoms with Crippen molar-refractivity contribution in [3.8, 4) is 0 Å². The fourth-order valence-electron chi connectivity index (χ4n) is 1.80. The van der Waals surface area contributed by atoms with E-state index in [1.165, 1.54) is 6.20 Å². The standard InChI is InChI=1S/C13H14N2O2/c1-3-15(2)12-10-7-5-4-6-9(10)11(8-14-12)13(16)17/h4-8H,3H2,1-2H3,(H,16,17). The molecule has 0 spiro atoms. The lowest BCUT2D eigenvalue weighted by Crippen LogP contribution is -2.18. The monoisotopic (exact) mass is 230 g/mol. The number of anilines is 1. The van der Waals surface area contributed by atoms with Gasteiger partial charge >= 0.3 is 5.97 Å². The molecule has 2 aromatic rings. The van der Waals surface area contributed by atoms with Gasteiger partial charge in [-0.2, -0.15) is 0 Å². The van der Waals surface area contributed by atoms with Crippen molar-refractivity contribution < 1.29 is 9.90 Å². The number of benzene rings is 1. The summed E-state index contributed by atoms with van der Waals surface area (Å²) in [6, 6.07) is 7.44. The van der Waals surface area contributed by atoms with Crippen molar-refractivity contribution in [1.82, 2.24) is 4.98 Å².